The first-order valence-corrected chi connectivity index (χ1v) is 10.3. The fourth-order valence-corrected chi connectivity index (χ4v) is 3.62. The van der Waals surface area contributed by atoms with E-state index in [1.807, 2.05) is 13.8 Å². The highest BCUT2D eigenvalue weighted by Gasteiger charge is 2.55. The molecule has 2 aliphatic heterocycles. The molecular weight excluding hydrogens is 414 g/mol. The molecule has 0 aliphatic carbocycles. The van der Waals surface area contributed by atoms with Crippen LogP contribution >= 0.6 is 0 Å². The number of hydrogen-bond donors (Lipinski definition) is 1. The van der Waals surface area contributed by atoms with Crippen molar-refractivity contribution in [3.05, 3.63) is 48.5 Å². The van der Waals surface area contributed by atoms with Crippen LogP contribution in [0.15, 0.2) is 58.9 Å². The zero-order valence-corrected chi connectivity index (χ0v) is 17.7. The lowest BCUT2D eigenvalue weighted by atomic mass is 10.1. The third kappa shape index (κ3) is 4.11. The number of nitrogens with zero attached hydrogens (tertiary/aromatic N) is 4. The van der Waals surface area contributed by atoms with Crippen LogP contribution in [0.5, 0.6) is 11.5 Å². The number of ether oxygens (including phenoxy) is 2. The van der Waals surface area contributed by atoms with E-state index in [4.69, 9.17) is 9.47 Å². The summed E-state index contributed by atoms with van der Waals surface area (Å²) in [5.74, 6) is 0.0211. The van der Waals surface area contributed by atoms with Crippen molar-refractivity contribution >= 4 is 29.1 Å². The molecule has 0 aromatic heterocycles. The van der Waals surface area contributed by atoms with Gasteiger partial charge in [-0.3, -0.25) is 19.4 Å². The van der Waals surface area contributed by atoms with E-state index in [1.165, 1.54) is 5.01 Å². The highest BCUT2D eigenvalue weighted by atomic mass is 16.5. The first kappa shape index (κ1) is 21.3. The number of carbonyl (C=O) groups excluding carboxylic acids is 3. The molecule has 4 rings (SSSR count). The Morgan fingerprint density at radius 3 is 2.12 bits per heavy atom. The molecule has 0 spiro atoms. The first-order chi connectivity index (χ1) is 15.5. The predicted octanol–water partition coefficient (Wildman–Crippen LogP) is 2.42. The summed E-state index contributed by atoms with van der Waals surface area (Å²) in [6, 6.07) is 11.7. The lowest BCUT2D eigenvalue weighted by Gasteiger charge is -2.20. The number of amides is 3. The van der Waals surface area contributed by atoms with Crippen molar-refractivity contribution in [3.8, 4) is 11.5 Å². The fraction of sp³-hybridized carbons (Fsp3) is 0.318. The monoisotopic (exact) mass is 437 g/mol. The number of fused-ring (bicyclic) bond motifs is 1. The normalized spacial score (nSPS) is 19.3. The molecular formula is C22H23N5O5. The molecule has 1 saturated heterocycles. The molecule has 3 amide bonds. The molecule has 1 N–H and O–H groups in total. The van der Waals surface area contributed by atoms with Gasteiger partial charge in [0.2, 0.25) is 5.91 Å². The number of rotatable bonds is 8. The van der Waals surface area contributed by atoms with Crippen molar-refractivity contribution in [2.75, 3.05) is 30.0 Å². The Balaban J connectivity index is 1.42. The number of imide groups is 1. The SMILES string of the molecule is CCOc1ccc(NC(=O)CN2N=N[C@@H]3C(=O)N(c4ccc(OCC)cc4)C(=O)[C@H]32)cc1. The van der Waals surface area contributed by atoms with Gasteiger partial charge in [-0.05, 0) is 62.4 Å². The molecule has 1 fully saturated rings. The average Bonchev–Trinajstić information content (AvgIpc) is 3.30. The van der Waals surface area contributed by atoms with E-state index in [0.717, 1.165) is 4.90 Å². The van der Waals surface area contributed by atoms with Gasteiger partial charge in [0.25, 0.3) is 11.8 Å². The maximum atomic E-state index is 13.0. The molecule has 2 heterocycles. The number of hydrogen-bond acceptors (Lipinski definition) is 8. The van der Waals surface area contributed by atoms with E-state index in [2.05, 4.69) is 15.7 Å². The molecule has 10 nitrogen and oxygen atoms in total. The van der Waals surface area contributed by atoms with Gasteiger partial charge in [-0.25, -0.2) is 4.90 Å². The lowest BCUT2D eigenvalue weighted by Crippen LogP contribution is -2.43. The van der Waals surface area contributed by atoms with Gasteiger partial charge in [-0.1, -0.05) is 5.22 Å². The van der Waals surface area contributed by atoms with Crippen LogP contribution in [-0.4, -0.2) is 54.6 Å². The van der Waals surface area contributed by atoms with Crippen molar-refractivity contribution in [2.45, 2.75) is 25.9 Å². The van der Waals surface area contributed by atoms with Crippen molar-refractivity contribution < 1.29 is 23.9 Å². The van der Waals surface area contributed by atoms with E-state index in [1.54, 1.807) is 48.5 Å². The van der Waals surface area contributed by atoms with Crippen molar-refractivity contribution in [2.24, 2.45) is 10.3 Å². The zero-order chi connectivity index (χ0) is 22.7. The van der Waals surface area contributed by atoms with E-state index in [9.17, 15) is 14.4 Å². The van der Waals surface area contributed by atoms with Crippen LogP contribution in [0.1, 0.15) is 13.8 Å². The van der Waals surface area contributed by atoms with Gasteiger partial charge in [0.15, 0.2) is 12.1 Å². The maximum Gasteiger partial charge on any atom is 0.263 e. The molecule has 0 saturated carbocycles. The second-order valence-electron chi connectivity index (χ2n) is 7.14. The van der Waals surface area contributed by atoms with Crippen LogP contribution in [0.4, 0.5) is 11.4 Å². The minimum atomic E-state index is -0.965. The molecule has 10 heteroatoms. The van der Waals surface area contributed by atoms with Crippen LogP contribution in [0.2, 0.25) is 0 Å². The van der Waals surface area contributed by atoms with Gasteiger partial charge < -0.3 is 14.8 Å². The molecule has 2 aromatic rings. The molecule has 0 unspecified atom stereocenters. The van der Waals surface area contributed by atoms with Crippen LogP contribution in [-0.2, 0) is 14.4 Å². The second kappa shape index (κ2) is 9.04. The van der Waals surface area contributed by atoms with Crippen LogP contribution < -0.4 is 19.7 Å². The number of benzene rings is 2. The summed E-state index contributed by atoms with van der Waals surface area (Å²) in [4.78, 5) is 39.4. The Bertz CT molecular complexity index is 1040. The van der Waals surface area contributed by atoms with Gasteiger partial charge >= 0.3 is 0 Å². The van der Waals surface area contributed by atoms with Gasteiger partial charge in [0, 0.05) is 5.69 Å². The van der Waals surface area contributed by atoms with E-state index in [0.29, 0.717) is 36.1 Å². The van der Waals surface area contributed by atoms with Gasteiger partial charge in [0.05, 0.1) is 18.9 Å². The van der Waals surface area contributed by atoms with Crippen molar-refractivity contribution in [1.29, 1.82) is 0 Å². The summed E-state index contributed by atoms with van der Waals surface area (Å²) >= 11 is 0. The largest absolute Gasteiger partial charge is 0.494 e. The standard InChI is InChI=1S/C22H23N5O5/c1-3-31-16-9-5-14(6-10-16)23-18(28)13-26-20-19(24-25-26)21(29)27(22(20)30)15-7-11-17(12-8-15)32-4-2/h5-12,19-20H,3-4,13H2,1-2H3,(H,23,28)/t19-,20-/m0/s1. The second-order valence-corrected chi connectivity index (χ2v) is 7.14. The summed E-state index contributed by atoms with van der Waals surface area (Å²) in [6.45, 7) is 4.61. The first-order valence-electron chi connectivity index (χ1n) is 10.3. The quantitative estimate of drug-likeness (QED) is 0.635. The van der Waals surface area contributed by atoms with Crippen LogP contribution in [0.25, 0.3) is 0 Å². The highest BCUT2D eigenvalue weighted by Crippen LogP contribution is 2.32. The van der Waals surface area contributed by atoms with Crippen molar-refractivity contribution in [1.82, 2.24) is 5.01 Å². The summed E-state index contributed by atoms with van der Waals surface area (Å²) in [5, 5.41) is 11.8. The number of nitrogens with one attached hydrogen (secondary N) is 1. The third-order valence-electron chi connectivity index (χ3n) is 5.02. The molecule has 166 valence electrons. The average molecular weight is 437 g/mol. The topological polar surface area (TPSA) is 113 Å². The number of anilines is 2. The summed E-state index contributed by atoms with van der Waals surface area (Å²) in [6.07, 6.45) is 0. The smallest absolute Gasteiger partial charge is 0.263 e. The third-order valence-corrected chi connectivity index (χ3v) is 5.02. The summed E-state index contributed by atoms with van der Waals surface area (Å²) in [5.41, 5.74) is 1.00. The van der Waals surface area contributed by atoms with Gasteiger partial charge in [-0.15, -0.1) is 0 Å². The zero-order valence-electron chi connectivity index (χ0n) is 17.7. The van der Waals surface area contributed by atoms with E-state index in [-0.39, 0.29) is 12.5 Å². The molecule has 32 heavy (non-hydrogen) atoms. The van der Waals surface area contributed by atoms with Crippen molar-refractivity contribution in [3.63, 3.8) is 0 Å². The van der Waals surface area contributed by atoms with E-state index >= 15 is 0 Å². The summed E-state index contributed by atoms with van der Waals surface area (Å²) < 4.78 is 10.8. The lowest BCUT2D eigenvalue weighted by molar-refractivity contribution is -0.123. The molecule has 2 atom stereocenters. The Morgan fingerprint density at radius 2 is 1.53 bits per heavy atom. The highest BCUT2D eigenvalue weighted by molar-refractivity contribution is 6.25. The molecule has 2 aliphatic rings. The fourth-order valence-electron chi connectivity index (χ4n) is 3.62. The Kier molecular flexibility index (Phi) is 6.02. The number of carbonyl (C=O) groups is 3. The van der Waals surface area contributed by atoms with Gasteiger partial charge in [0.1, 0.15) is 18.0 Å². The van der Waals surface area contributed by atoms with Gasteiger partial charge in [-0.2, -0.15) is 5.11 Å². The van der Waals surface area contributed by atoms with Crippen LogP contribution in [0, 0.1) is 0 Å². The minimum absolute atomic E-state index is 0.214. The Labute approximate surface area is 184 Å². The summed E-state index contributed by atoms with van der Waals surface area (Å²) in [7, 11) is 0. The molecule has 0 bridgehead atoms. The Morgan fingerprint density at radius 1 is 0.938 bits per heavy atom. The molecule has 2 aromatic carbocycles. The minimum Gasteiger partial charge on any atom is -0.494 e. The Hall–Kier alpha value is -3.95. The van der Waals surface area contributed by atoms with E-state index < -0.39 is 23.9 Å². The maximum absolute atomic E-state index is 13.0. The van der Waals surface area contributed by atoms with Crippen LogP contribution in [0.3, 0.4) is 0 Å². The predicted molar refractivity (Wildman–Crippen MR) is 115 cm³/mol. The molecule has 0 radical (unpaired) electrons.